The third-order valence-electron chi connectivity index (χ3n) is 4.73. The Labute approximate surface area is 165 Å². The number of rotatable bonds is 5. The molecule has 0 fully saturated rings. The molecule has 2 N–H and O–H groups in total. The lowest BCUT2D eigenvalue weighted by Crippen LogP contribution is -2.48. The summed E-state index contributed by atoms with van der Waals surface area (Å²) in [6.07, 6.45) is 2.98. The molecule has 144 valence electrons. The van der Waals surface area contributed by atoms with Crippen LogP contribution in [0.2, 0.25) is 0 Å². The van der Waals surface area contributed by atoms with Gasteiger partial charge in [0.05, 0.1) is 6.54 Å². The van der Waals surface area contributed by atoms with Gasteiger partial charge in [0.1, 0.15) is 0 Å². The molecule has 5 nitrogen and oxygen atoms in total. The summed E-state index contributed by atoms with van der Waals surface area (Å²) in [6, 6.07) is 12.7. The van der Waals surface area contributed by atoms with Gasteiger partial charge < -0.3 is 15.5 Å². The zero-order chi connectivity index (χ0) is 19.2. The highest BCUT2D eigenvalue weighted by Gasteiger charge is 2.22. The molecular formula is C21H28N4OS. The number of benzene rings is 1. The Morgan fingerprint density at radius 1 is 1.30 bits per heavy atom. The van der Waals surface area contributed by atoms with Gasteiger partial charge in [-0.05, 0) is 50.5 Å². The minimum absolute atomic E-state index is 0.0756. The first kappa shape index (κ1) is 19.4. The number of carbonyl (C=O) groups excluding carboxylic acids is 1. The van der Waals surface area contributed by atoms with E-state index >= 15 is 0 Å². The monoisotopic (exact) mass is 384 g/mol. The molecule has 0 saturated carbocycles. The van der Waals surface area contributed by atoms with Crippen LogP contribution in [0.1, 0.15) is 28.7 Å². The topological polar surface area (TPSA) is 56.7 Å². The third kappa shape index (κ3) is 5.10. The Balaban J connectivity index is 1.53. The van der Waals surface area contributed by atoms with Gasteiger partial charge in [0, 0.05) is 41.5 Å². The van der Waals surface area contributed by atoms with E-state index in [-0.39, 0.29) is 18.5 Å². The van der Waals surface area contributed by atoms with Crippen LogP contribution in [0.4, 0.5) is 5.69 Å². The number of hydrogen-bond acceptors (Lipinski definition) is 3. The predicted molar refractivity (Wildman–Crippen MR) is 114 cm³/mol. The van der Waals surface area contributed by atoms with Crippen molar-refractivity contribution in [1.82, 2.24) is 10.6 Å². The molecule has 1 unspecified atom stereocenters. The van der Waals surface area contributed by atoms with Gasteiger partial charge in [0.25, 0.3) is 0 Å². The number of amides is 1. The van der Waals surface area contributed by atoms with E-state index in [4.69, 9.17) is 0 Å². The number of nitrogens with zero attached hydrogens (tertiary/aromatic N) is 2. The van der Waals surface area contributed by atoms with Crippen LogP contribution in [-0.4, -0.2) is 38.0 Å². The number of thiophene rings is 1. The number of anilines is 1. The first-order valence-electron chi connectivity index (χ1n) is 9.47. The van der Waals surface area contributed by atoms with Crippen molar-refractivity contribution in [3.8, 4) is 0 Å². The average molecular weight is 385 g/mol. The van der Waals surface area contributed by atoms with Crippen LogP contribution >= 0.6 is 11.3 Å². The van der Waals surface area contributed by atoms with Crippen molar-refractivity contribution >= 4 is 28.9 Å². The summed E-state index contributed by atoms with van der Waals surface area (Å²) >= 11 is 1.82. The molecule has 2 aromatic rings. The van der Waals surface area contributed by atoms with Gasteiger partial charge in [0.15, 0.2) is 5.96 Å². The molecule has 0 bridgehead atoms. The molecule has 3 rings (SSSR count). The van der Waals surface area contributed by atoms with E-state index in [1.54, 1.807) is 7.05 Å². The largest absolute Gasteiger partial charge is 0.354 e. The minimum atomic E-state index is 0.0756. The Bertz CT molecular complexity index is 814. The fourth-order valence-corrected chi connectivity index (χ4v) is 4.44. The van der Waals surface area contributed by atoms with Gasteiger partial charge >= 0.3 is 0 Å². The summed E-state index contributed by atoms with van der Waals surface area (Å²) in [5.74, 6) is 0.737. The minimum Gasteiger partial charge on any atom is -0.354 e. The number of aliphatic imine (C=N–C) groups is 1. The normalized spacial score (nSPS) is 15.2. The summed E-state index contributed by atoms with van der Waals surface area (Å²) in [4.78, 5) is 21.6. The van der Waals surface area contributed by atoms with Crippen LogP contribution in [0.3, 0.4) is 0 Å². The smallest absolute Gasteiger partial charge is 0.246 e. The van der Waals surface area contributed by atoms with Gasteiger partial charge in [-0.15, -0.1) is 11.3 Å². The number of nitrogens with one attached hydrogen (secondary N) is 2. The highest BCUT2D eigenvalue weighted by Crippen LogP contribution is 2.26. The Morgan fingerprint density at radius 2 is 2.11 bits per heavy atom. The molecule has 2 heterocycles. The van der Waals surface area contributed by atoms with E-state index < -0.39 is 0 Å². The first-order chi connectivity index (χ1) is 13.1. The SMILES string of the molecule is CN=C(NCC(=O)N1CCCc2ccccc21)NC(C)Cc1ccc(C)s1. The number of guanidine groups is 1. The van der Waals surface area contributed by atoms with Crippen LogP contribution in [0.5, 0.6) is 0 Å². The highest BCUT2D eigenvalue weighted by atomic mass is 32.1. The number of aryl methyl sites for hydroxylation is 2. The van der Waals surface area contributed by atoms with E-state index in [0.717, 1.165) is 31.5 Å². The molecular weight excluding hydrogens is 356 g/mol. The van der Waals surface area contributed by atoms with Gasteiger partial charge in [-0.3, -0.25) is 9.79 Å². The summed E-state index contributed by atoms with van der Waals surface area (Å²) in [7, 11) is 1.73. The van der Waals surface area contributed by atoms with Crippen molar-refractivity contribution in [3.63, 3.8) is 0 Å². The molecule has 1 aromatic carbocycles. The third-order valence-corrected chi connectivity index (χ3v) is 5.75. The molecule has 1 aliphatic rings. The van der Waals surface area contributed by atoms with Gasteiger partial charge in [-0.25, -0.2) is 0 Å². The standard InChI is InChI=1S/C21H28N4OS/c1-15(13-18-11-10-16(2)27-18)24-21(22-3)23-14-20(26)25-12-6-8-17-7-4-5-9-19(17)25/h4-5,7,9-11,15H,6,8,12-14H2,1-3H3,(H2,22,23,24). The second-order valence-corrected chi connectivity index (χ2v) is 8.34. The Hall–Kier alpha value is -2.34. The highest BCUT2D eigenvalue weighted by molar-refractivity contribution is 7.11. The van der Waals surface area contributed by atoms with Crippen LogP contribution in [0, 0.1) is 6.92 Å². The molecule has 0 aliphatic carbocycles. The van der Waals surface area contributed by atoms with E-state index in [1.165, 1.54) is 15.3 Å². The van der Waals surface area contributed by atoms with E-state index in [0.29, 0.717) is 5.96 Å². The Morgan fingerprint density at radius 3 is 2.85 bits per heavy atom. The van der Waals surface area contributed by atoms with Crippen molar-refractivity contribution in [2.75, 3.05) is 25.0 Å². The second kappa shape index (κ2) is 9.04. The fraction of sp³-hybridized carbons (Fsp3) is 0.429. The first-order valence-corrected chi connectivity index (χ1v) is 10.3. The second-order valence-electron chi connectivity index (χ2n) is 6.97. The molecule has 27 heavy (non-hydrogen) atoms. The van der Waals surface area contributed by atoms with Gasteiger partial charge in [0.2, 0.25) is 5.91 Å². The molecule has 1 aliphatic heterocycles. The maximum absolute atomic E-state index is 12.7. The van der Waals surface area contributed by atoms with Gasteiger partial charge in [-0.2, -0.15) is 0 Å². The van der Waals surface area contributed by atoms with E-state index in [1.807, 2.05) is 34.4 Å². The lowest BCUT2D eigenvalue weighted by Gasteiger charge is -2.29. The average Bonchev–Trinajstić information content (AvgIpc) is 3.08. The van der Waals surface area contributed by atoms with Crippen molar-refractivity contribution in [2.45, 2.75) is 39.2 Å². The van der Waals surface area contributed by atoms with Crippen molar-refractivity contribution < 1.29 is 4.79 Å². The summed E-state index contributed by atoms with van der Waals surface area (Å²) < 4.78 is 0. The summed E-state index contributed by atoms with van der Waals surface area (Å²) in [6.45, 7) is 5.26. The van der Waals surface area contributed by atoms with Crippen LogP contribution < -0.4 is 15.5 Å². The molecule has 0 saturated heterocycles. The van der Waals surface area contributed by atoms with E-state index in [2.05, 4.69) is 47.7 Å². The fourth-order valence-electron chi connectivity index (χ4n) is 3.42. The maximum Gasteiger partial charge on any atom is 0.246 e. The van der Waals surface area contributed by atoms with Crippen molar-refractivity contribution in [1.29, 1.82) is 0 Å². The molecule has 6 heteroatoms. The Kier molecular flexibility index (Phi) is 6.50. The zero-order valence-corrected chi connectivity index (χ0v) is 17.1. The molecule has 1 aromatic heterocycles. The molecule has 0 spiro atoms. The van der Waals surface area contributed by atoms with Crippen molar-refractivity contribution in [3.05, 3.63) is 51.7 Å². The maximum atomic E-state index is 12.7. The van der Waals surface area contributed by atoms with Crippen LogP contribution in [0.15, 0.2) is 41.4 Å². The zero-order valence-electron chi connectivity index (χ0n) is 16.3. The predicted octanol–water partition coefficient (Wildman–Crippen LogP) is 3.13. The number of hydrogen-bond donors (Lipinski definition) is 2. The van der Waals surface area contributed by atoms with Crippen molar-refractivity contribution in [2.24, 2.45) is 4.99 Å². The number of para-hydroxylation sites is 1. The van der Waals surface area contributed by atoms with Crippen LogP contribution in [0.25, 0.3) is 0 Å². The molecule has 0 radical (unpaired) electrons. The molecule has 1 atom stereocenters. The van der Waals surface area contributed by atoms with Gasteiger partial charge in [-0.1, -0.05) is 18.2 Å². The lowest BCUT2D eigenvalue weighted by molar-refractivity contribution is -0.117. The quantitative estimate of drug-likeness (QED) is 0.615. The summed E-state index contributed by atoms with van der Waals surface area (Å²) in [5, 5.41) is 6.55. The number of fused-ring (bicyclic) bond motifs is 1. The van der Waals surface area contributed by atoms with Crippen LogP contribution in [-0.2, 0) is 17.6 Å². The lowest BCUT2D eigenvalue weighted by atomic mass is 10.0. The number of carbonyl (C=O) groups is 1. The summed E-state index contributed by atoms with van der Waals surface area (Å²) in [5.41, 5.74) is 2.29. The molecule has 1 amide bonds. The van der Waals surface area contributed by atoms with E-state index in [9.17, 15) is 4.79 Å².